The summed E-state index contributed by atoms with van der Waals surface area (Å²) in [6.07, 6.45) is 1.82. The second-order valence-electron chi connectivity index (χ2n) is 4.90. The first kappa shape index (κ1) is 11.4. The van der Waals surface area contributed by atoms with E-state index >= 15 is 0 Å². The van der Waals surface area contributed by atoms with Crippen LogP contribution in [0.5, 0.6) is 0 Å². The number of aliphatic hydroxyl groups excluding tert-OH is 1. The summed E-state index contributed by atoms with van der Waals surface area (Å²) in [6, 6.07) is 14.1. The van der Waals surface area contributed by atoms with Crippen molar-refractivity contribution in [2.45, 2.75) is 24.9 Å². The average molecular weight is 242 g/mol. The molecule has 3 rings (SSSR count). The van der Waals surface area contributed by atoms with Gasteiger partial charge in [0.25, 0.3) is 0 Å². The molecule has 0 radical (unpaired) electrons. The van der Waals surface area contributed by atoms with E-state index in [1.54, 1.807) is 12.1 Å². The summed E-state index contributed by atoms with van der Waals surface area (Å²) in [5, 5.41) is 10.3. The van der Waals surface area contributed by atoms with Crippen molar-refractivity contribution in [1.82, 2.24) is 0 Å². The standard InChI is InChI=1S/C16H15FO/c17-15-8-6-12(7-9-15)16(18)14-3-1-2-13(10-14)11-4-5-11/h1-3,6-11,16,18H,4-5H2. The molecule has 2 heteroatoms. The van der Waals surface area contributed by atoms with Gasteiger partial charge in [0.1, 0.15) is 11.9 Å². The third-order valence-corrected chi connectivity index (χ3v) is 3.46. The summed E-state index contributed by atoms with van der Waals surface area (Å²) in [5.74, 6) is 0.392. The molecule has 1 saturated carbocycles. The second kappa shape index (κ2) is 4.54. The zero-order valence-corrected chi connectivity index (χ0v) is 10.0. The normalized spacial score (nSPS) is 16.6. The van der Waals surface area contributed by atoms with Gasteiger partial charge in [0, 0.05) is 0 Å². The number of rotatable bonds is 3. The minimum atomic E-state index is -0.677. The lowest BCUT2D eigenvalue weighted by atomic mass is 9.98. The molecule has 0 saturated heterocycles. The van der Waals surface area contributed by atoms with Gasteiger partial charge < -0.3 is 5.11 Å². The quantitative estimate of drug-likeness (QED) is 0.868. The Labute approximate surface area is 106 Å². The van der Waals surface area contributed by atoms with Crippen molar-refractivity contribution in [2.24, 2.45) is 0 Å². The van der Waals surface area contributed by atoms with Crippen molar-refractivity contribution >= 4 is 0 Å². The van der Waals surface area contributed by atoms with E-state index in [-0.39, 0.29) is 5.82 Å². The fourth-order valence-electron chi connectivity index (χ4n) is 2.24. The summed E-state index contributed by atoms with van der Waals surface area (Å²) in [6.45, 7) is 0. The van der Waals surface area contributed by atoms with Crippen LogP contribution in [-0.2, 0) is 0 Å². The predicted molar refractivity (Wildman–Crippen MR) is 68.9 cm³/mol. The van der Waals surface area contributed by atoms with E-state index in [4.69, 9.17) is 0 Å². The van der Waals surface area contributed by atoms with E-state index in [1.807, 2.05) is 12.1 Å². The lowest BCUT2D eigenvalue weighted by Crippen LogP contribution is -2.00. The zero-order valence-electron chi connectivity index (χ0n) is 10.0. The molecule has 1 fully saturated rings. The van der Waals surface area contributed by atoms with Gasteiger partial charge >= 0.3 is 0 Å². The van der Waals surface area contributed by atoms with Gasteiger partial charge in [-0.05, 0) is 47.6 Å². The average Bonchev–Trinajstić information content (AvgIpc) is 3.23. The van der Waals surface area contributed by atoms with Crippen LogP contribution in [0.1, 0.15) is 41.6 Å². The van der Waals surface area contributed by atoms with Gasteiger partial charge in [-0.25, -0.2) is 4.39 Å². The molecule has 0 spiro atoms. The van der Waals surface area contributed by atoms with Gasteiger partial charge in [-0.3, -0.25) is 0 Å². The molecule has 1 aliphatic carbocycles. The molecule has 18 heavy (non-hydrogen) atoms. The van der Waals surface area contributed by atoms with E-state index in [0.29, 0.717) is 5.92 Å². The zero-order chi connectivity index (χ0) is 12.5. The Morgan fingerprint density at radius 2 is 1.72 bits per heavy atom. The third kappa shape index (κ3) is 2.29. The van der Waals surface area contributed by atoms with Crippen LogP contribution < -0.4 is 0 Å². The van der Waals surface area contributed by atoms with Crippen LogP contribution in [0.2, 0.25) is 0 Å². The highest BCUT2D eigenvalue weighted by Gasteiger charge is 2.24. The Balaban J connectivity index is 1.88. The van der Waals surface area contributed by atoms with Crippen LogP contribution >= 0.6 is 0 Å². The van der Waals surface area contributed by atoms with E-state index in [9.17, 15) is 9.50 Å². The predicted octanol–water partition coefficient (Wildman–Crippen LogP) is 3.78. The van der Waals surface area contributed by atoms with Crippen molar-refractivity contribution in [3.05, 3.63) is 71.0 Å². The van der Waals surface area contributed by atoms with Crippen LogP contribution in [0.3, 0.4) is 0 Å². The first-order valence-electron chi connectivity index (χ1n) is 6.27. The molecule has 0 aliphatic heterocycles. The van der Waals surface area contributed by atoms with Crippen LogP contribution in [0.25, 0.3) is 0 Å². The van der Waals surface area contributed by atoms with Crippen LogP contribution in [0.15, 0.2) is 48.5 Å². The van der Waals surface area contributed by atoms with Crippen molar-refractivity contribution in [3.8, 4) is 0 Å². The number of benzene rings is 2. The molecule has 0 aromatic heterocycles. The minimum absolute atomic E-state index is 0.280. The van der Waals surface area contributed by atoms with Gasteiger partial charge in [0.05, 0.1) is 0 Å². The van der Waals surface area contributed by atoms with Crippen molar-refractivity contribution in [1.29, 1.82) is 0 Å². The molecular formula is C16H15FO. The van der Waals surface area contributed by atoms with E-state index in [0.717, 1.165) is 11.1 Å². The molecule has 1 nitrogen and oxygen atoms in total. The number of aliphatic hydroxyl groups is 1. The van der Waals surface area contributed by atoms with Crippen LogP contribution in [0, 0.1) is 5.82 Å². The van der Waals surface area contributed by atoms with E-state index in [1.165, 1.54) is 30.5 Å². The minimum Gasteiger partial charge on any atom is -0.384 e. The maximum Gasteiger partial charge on any atom is 0.123 e. The van der Waals surface area contributed by atoms with Gasteiger partial charge in [-0.15, -0.1) is 0 Å². The molecule has 0 heterocycles. The molecule has 1 N–H and O–H groups in total. The first-order valence-corrected chi connectivity index (χ1v) is 6.27. The third-order valence-electron chi connectivity index (χ3n) is 3.46. The van der Waals surface area contributed by atoms with Crippen LogP contribution in [0.4, 0.5) is 4.39 Å². The maximum absolute atomic E-state index is 12.8. The Morgan fingerprint density at radius 3 is 2.39 bits per heavy atom. The molecule has 2 aromatic rings. The summed E-state index contributed by atoms with van der Waals surface area (Å²) in [7, 11) is 0. The smallest absolute Gasteiger partial charge is 0.123 e. The van der Waals surface area contributed by atoms with Gasteiger partial charge in [0.15, 0.2) is 0 Å². The van der Waals surface area contributed by atoms with Gasteiger partial charge in [0.2, 0.25) is 0 Å². The molecule has 1 aliphatic rings. The highest BCUT2D eigenvalue weighted by molar-refractivity contribution is 5.35. The summed E-state index contributed by atoms with van der Waals surface area (Å²) in [4.78, 5) is 0. The second-order valence-corrected chi connectivity index (χ2v) is 4.90. The van der Waals surface area contributed by atoms with Gasteiger partial charge in [-0.2, -0.15) is 0 Å². The molecule has 2 aromatic carbocycles. The lowest BCUT2D eigenvalue weighted by molar-refractivity contribution is 0.220. The molecule has 0 amide bonds. The van der Waals surface area contributed by atoms with E-state index < -0.39 is 6.10 Å². The Bertz CT molecular complexity index is 543. The van der Waals surface area contributed by atoms with Crippen molar-refractivity contribution in [3.63, 3.8) is 0 Å². The van der Waals surface area contributed by atoms with Crippen molar-refractivity contribution < 1.29 is 9.50 Å². The molecular weight excluding hydrogens is 227 g/mol. The van der Waals surface area contributed by atoms with Crippen LogP contribution in [-0.4, -0.2) is 5.11 Å². The topological polar surface area (TPSA) is 20.2 Å². The fraction of sp³-hybridized carbons (Fsp3) is 0.250. The highest BCUT2D eigenvalue weighted by atomic mass is 19.1. The fourth-order valence-corrected chi connectivity index (χ4v) is 2.24. The Hall–Kier alpha value is -1.67. The lowest BCUT2D eigenvalue weighted by Gasteiger charge is -2.12. The molecule has 92 valence electrons. The molecule has 0 bridgehead atoms. The van der Waals surface area contributed by atoms with Crippen molar-refractivity contribution in [2.75, 3.05) is 0 Å². The highest BCUT2D eigenvalue weighted by Crippen LogP contribution is 2.40. The monoisotopic (exact) mass is 242 g/mol. The summed E-state index contributed by atoms with van der Waals surface area (Å²) < 4.78 is 12.8. The summed E-state index contributed by atoms with van der Waals surface area (Å²) >= 11 is 0. The van der Waals surface area contributed by atoms with E-state index in [2.05, 4.69) is 12.1 Å². The number of hydrogen-bond acceptors (Lipinski definition) is 1. The SMILES string of the molecule is OC(c1ccc(F)cc1)c1cccc(C2CC2)c1. The van der Waals surface area contributed by atoms with Gasteiger partial charge in [-0.1, -0.05) is 36.4 Å². The Kier molecular flexibility index (Phi) is 2.88. The number of hydrogen-bond donors (Lipinski definition) is 1. The molecule has 1 atom stereocenters. The molecule has 1 unspecified atom stereocenters. The maximum atomic E-state index is 12.8. The first-order chi connectivity index (χ1) is 8.74. The Morgan fingerprint density at radius 1 is 1.00 bits per heavy atom. The summed E-state index contributed by atoms with van der Waals surface area (Å²) in [5.41, 5.74) is 2.91. The largest absolute Gasteiger partial charge is 0.384 e. The number of halogens is 1.